The summed E-state index contributed by atoms with van der Waals surface area (Å²) >= 11 is 0. The number of nitrogens with one attached hydrogen (secondary N) is 1. The predicted octanol–water partition coefficient (Wildman–Crippen LogP) is 2.53. The van der Waals surface area contributed by atoms with Crippen molar-refractivity contribution in [2.75, 3.05) is 13.1 Å². The van der Waals surface area contributed by atoms with Gasteiger partial charge in [0.1, 0.15) is 5.76 Å². The van der Waals surface area contributed by atoms with Crippen LogP contribution in [0.5, 0.6) is 0 Å². The Kier molecular flexibility index (Phi) is 3.24. The van der Waals surface area contributed by atoms with Gasteiger partial charge < -0.3 is 9.73 Å². The molecule has 1 aliphatic rings. The number of fused-ring (bicyclic) bond motifs is 1. The first-order valence-electron chi connectivity index (χ1n) is 6.34. The van der Waals surface area contributed by atoms with Crippen LogP contribution in [0.1, 0.15) is 22.9 Å². The first kappa shape index (κ1) is 11.2. The van der Waals surface area contributed by atoms with Gasteiger partial charge in [0.15, 0.2) is 0 Å². The van der Waals surface area contributed by atoms with Crippen molar-refractivity contribution in [2.24, 2.45) is 0 Å². The van der Waals surface area contributed by atoms with E-state index >= 15 is 0 Å². The van der Waals surface area contributed by atoms with Gasteiger partial charge in [-0.25, -0.2) is 4.98 Å². The molecule has 0 aliphatic carbocycles. The average Bonchev–Trinajstić information content (AvgIpc) is 2.68. The molecule has 3 nitrogen and oxygen atoms in total. The highest BCUT2D eigenvalue weighted by atomic mass is 16.4. The summed E-state index contributed by atoms with van der Waals surface area (Å²) in [6.07, 6.45) is 5.86. The Hall–Kier alpha value is -1.87. The van der Waals surface area contributed by atoms with E-state index in [9.17, 15) is 0 Å². The molecule has 3 heteroatoms. The smallest absolute Gasteiger partial charge is 0.219 e. The molecule has 1 aromatic carbocycles. The van der Waals surface area contributed by atoms with Crippen LogP contribution >= 0.6 is 0 Å². The molecule has 1 aromatic heterocycles. The third-order valence-corrected chi connectivity index (χ3v) is 3.08. The van der Waals surface area contributed by atoms with E-state index in [1.165, 1.54) is 0 Å². The molecule has 0 spiro atoms. The standard InChI is InChI=1S/C15H16N2O/c1-2-4-12(5-3-1)6-7-15-17-13-8-10-16-11-9-14(13)18-15/h1-7,16H,8-11H2/b7-6+. The van der Waals surface area contributed by atoms with E-state index in [1.807, 2.05) is 30.4 Å². The van der Waals surface area contributed by atoms with E-state index in [4.69, 9.17) is 4.42 Å². The molecule has 1 N–H and O–H groups in total. The van der Waals surface area contributed by atoms with E-state index in [-0.39, 0.29) is 0 Å². The van der Waals surface area contributed by atoms with Gasteiger partial charge in [-0.3, -0.25) is 0 Å². The SMILES string of the molecule is C(=C\c1nc2c(o1)CCNCC2)/c1ccccc1. The maximum atomic E-state index is 5.77. The van der Waals surface area contributed by atoms with Gasteiger partial charge in [0.25, 0.3) is 0 Å². The minimum Gasteiger partial charge on any atom is -0.441 e. The highest BCUT2D eigenvalue weighted by molar-refractivity contribution is 5.65. The summed E-state index contributed by atoms with van der Waals surface area (Å²) in [5, 5.41) is 3.34. The van der Waals surface area contributed by atoms with Crippen LogP contribution in [0.15, 0.2) is 34.7 Å². The number of hydrogen-bond acceptors (Lipinski definition) is 3. The molecule has 2 heterocycles. The molecule has 0 bridgehead atoms. The molecule has 2 aromatic rings. The topological polar surface area (TPSA) is 38.1 Å². The molecule has 92 valence electrons. The fourth-order valence-corrected chi connectivity index (χ4v) is 2.13. The normalized spacial score (nSPS) is 15.6. The minimum atomic E-state index is 0.714. The van der Waals surface area contributed by atoms with Crippen molar-refractivity contribution in [1.82, 2.24) is 10.3 Å². The van der Waals surface area contributed by atoms with Crippen LogP contribution in [-0.2, 0) is 12.8 Å². The summed E-state index contributed by atoms with van der Waals surface area (Å²) in [4.78, 5) is 4.53. The zero-order valence-electron chi connectivity index (χ0n) is 10.2. The highest BCUT2D eigenvalue weighted by Gasteiger charge is 2.13. The second-order valence-corrected chi connectivity index (χ2v) is 4.42. The Morgan fingerprint density at radius 2 is 1.89 bits per heavy atom. The molecular formula is C15H16N2O. The van der Waals surface area contributed by atoms with Crippen molar-refractivity contribution in [3.05, 3.63) is 53.2 Å². The maximum Gasteiger partial charge on any atom is 0.219 e. The van der Waals surface area contributed by atoms with Crippen LogP contribution in [-0.4, -0.2) is 18.1 Å². The molecule has 18 heavy (non-hydrogen) atoms. The van der Waals surface area contributed by atoms with Crippen LogP contribution in [0.3, 0.4) is 0 Å². The Labute approximate surface area is 107 Å². The van der Waals surface area contributed by atoms with Gasteiger partial charge in [-0.05, 0) is 11.6 Å². The van der Waals surface area contributed by atoms with E-state index < -0.39 is 0 Å². The van der Waals surface area contributed by atoms with Gasteiger partial charge in [0.2, 0.25) is 5.89 Å². The molecule has 1 aliphatic heterocycles. The van der Waals surface area contributed by atoms with Gasteiger partial charge in [0.05, 0.1) is 5.69 Å². The second-order valence-electron chi connectivity index (χ2n) is 4.42. The van der Waals surface area contributed by atoms with Crippen molar-refractivity contribution in [3.63, 3.8) is 0 Å². The minimum absolute atomic E-state index is 0.714. The Balaban J connectivity index is 1.79. The third kappa shape index (κ3) is 2.51. The monoisotopic (exact) mass is 240 g/mol. The number of benzene rings is 1. The van der Waals surface area contributed by atoms with E-state index in [0.29, 0.717) is 5.89 Å². The van der Waals surface area contributed by atoms with Gasteiger partial charge >= 0.3 is 0 Å². The van der Waals surface area contributed by atoms with E-state index in [0.717, 1.165) is 42.9 Å². The van der Waals surface area contributed by atoms with Gasteiger partial charge in [-0.1, -0.05) is 30.3 Å². The largest absolute Gasteiger partial charge is 0.441 e. The van der Waals surface area contributed by atoms with Crippen molar-refractivity contribution in [3.8, 4) is 0 Å². The second kappa shape index (κ2) is 5.19. The van der Waals surface area contributed by atoms with E-state index in [2.05, 4.69) is 22.4 Å². The fraction of sp³-hybridized carbons (Fsp3) is 0.267. The summed E-state index contributed by atoms with van der Waals surface area (Å²) in [5.41, 5.74) is 2.26. The number of rotatable bonds is 2. The average molecular weight is 240 g/mol. The van der Waals surface area contributed by atoms with Crippen molar-refractivity contribution in [1.29, 1.82) is 0 Å². The Bertz CT molecular complexity index is 519. The van der Waals surface area contributed by atoms with Crippen LogP contribution in [0.4, 0.5) is 0 Å². The summed E-state index contributed by atoms with van der Waals surface area (Å²) in [6, 6.07) is 10.2. The lowest BCUT2D eigenvalue weighted by atomic mass is 10.2. The zero-order chi connectivity index (χ0) is 12.2. The molecule has 0 fully saturated rings. The predicted molar refractivity (Wildman–Crippen MR) is 72.2 cm³/mol. The van der Waals surface area contributed by atoms with E-state index in [1.54, 1.807) is 0 Å². The van der Waals surface area contributed by atoms with Crippen LogP contribution in [0.2, 0.25) is 0 Å². The molecule has 3 rings (SSSR count). The zero-order valence-corrected chi connectivity index (χ0v) is 10.2. The molecule has 0 radical (unpaired) electrons. The maximum absolute atomic E-state index is 5.77. The first-order valence-corrected chi connectivity index (χ1v) is 6.34. The molecular weight excluding hydrogens is 224 g/mol. The van der Waals surface area contributed by atoms with Crippen LogP contribution < -0.4 is 5.32 Å². The Morgan fingerprint density at radius 1 is 1.06 bits per heavy atom. The van der Waals surface area contributed by atoms with Crippen LogP contribution in [0.25, 0.3) is 12.2 Å². The summed E-state index contributed by atoms with van der Waals surface area (Å²) in [6.45, 7) is 1.96. The quantitative estimate of drug-likeness (QED) is 0.876. The third-order valence-electron chi connectivity index (χ3n) is 3.08. The molecule has 0 unspecified atom stereocenters. The fourth-order valence-electron chi connectivity index (χ4n) is 2.13. The number of hydrogen-bond donors (Lipinski definition) is 1. The van der Waals surface area contributed by atoms with Crippen molar-refractivity contribution in [2.45, 2.75) is 12.8 Å². The molecule has 0 saturated carbocycles. The lowest BCUT2D eigenvalue weighted by Crippen LogP contribution is -2.16. The van der Waals surface area contributed by atoms with Gasteiger partial charge in [-0.2, -0.15) is 0 Å². The first-order chi connectivity index (χ1) is 8.92. The molecule has 0 atom stereocenters. The van der Waals surface area contributed by atoms with Crippen LogP contribution in [0, 0.1) is 0 Å². The number of nitrogens with zero attached hydrogens (tertiary/aromatic N) is 1. The highest BCUT2D eigenvalue weighted by Crippen LogP contribution is 2.16. The molecule has 0 amide bonds. The summed E-state index contributed by atoms with van der Waals surface area (Å²) < 4.78 is 5.77. The van der Waals surface area contributed by atoms with Crippen molar-refractivity contribution < 1.29 is 4.42 Å². The summed E-state index contributed by atoms with van der Waals surface area (Å²) in [7, 11) is 0. The Morgan fingerprint density at radius 3 is 2.78 bits per heavy atom. The lowest BCUT2D eigenvalue weighted by Gasteiger charge is -1.94. The summed E-state index contributed by atoms with van der Waals surface area (Å²) in [5.74, 6) is 1.75. The van der Waals surface area contributed by atoms with Gasteiger partial charge in [-0.15, -0.1) is 0 Å². The number of aromatic nitrogens is 1. The number of oxazole rings is 1. The molecule has 0 saturated heterocycles. The van der Waals surface area contributed by atoms with Gasteiger partial charge in [0, 0.05) is 32.0 Å². The lowest BCUT2D eigenvalue weighted by molar-refractivity contribution is 0.491. The van der Waals surface area contributed by atoms with Crippen molar-refractivity contribution >= 4 is 12.2 Å².